The minimum atomic E-state index is -2.73. The maximum Gasteiger partial charge on any atom is 0.278 e. The lowest BCUT2D eigenvalue weighted by atomic mass is 10.1. The fourth-order valence-electron chi connectivity index (χ4n) is 3.32. The van der Waals surface area contributed by atoms with Gasteiger partial charge in [0, 0.05) is 42.8 Å². The SMILES string of the molecule is O=C(Cn1cnc2ccn(-c3ccc(Cl)cc3)c2c1=O)N1CCC(F)(F)CC1. The number of amides is 1. The lowest BCUT2D eigenvalue weighted by molar-refractivity contribution is -0.137. The number of aromatic nitrogens is 3. The first kappa shape index (κ1) is 18.6. The van der Waals surface area contributed by atoms with Crippen molar-refractivity contribution in [3.63, 3.8) is 0 Å². The largest absolute Gasteiger partial charge is 0.341 e. The lowest BCUT2D eigenvalue weighted by Crippen LogP contribution is -2.44. The van der Waals surface area contributed by atoms with Crippen LogP contribution in [0.2, 0.25) is 5.02 Å². The number of piperidine rings is 1. The molecule has 1 amide bonds. The van der Waals surface area contributed by atoms with Gasteiger partial charge in [-0.1, -0.05) is 11.6 Å². The summed E-state index contributed by atoms with van der Waals surface area (Å²) in [7, 11) is 0. The zero-order chi connectivity index (χ0) is 19.9. The fourth-order valence-corrected chi connectivity index (χ4v) is 3.44. The van der Waals surface area contributed by atoms with E-state index in [0.29, 0.717) is 16.1 Å². The smallest absolute Gasteiger partial charge is 0.278 e. The first-order chi connectivity index (χ1) is 13.3. The van der Waals surface area contributed by atoms with Crippen molar-refractivity contribution >= 4 is 28.5 Å². The van der Waals surface area contributed by atoms with Crippen LogP contribution >= 0.6 is 11.6 Å². The van der Waals surface area contributed by atoms with Crippen LogP contribution in [0.5, 0.6) is 0 Å². The molecule has 1 aliphatic rings. The average Bonchev–Trinajstić information content (AvgIpc) is 3.09. The quantitative estimate of drug-likeness (QED) is 0.671. The Kier molecular flexibility index (Phi) is 4.66. The average molecular weight is 407 g/mol. The van der Waals surface area contributed by atoms with Crippen LogP contribution in [0, 0.1) is 0 Å². The van der Waals surface area contributed by atoms with E-state index in [1.165, 1.54) is 15.8 Å². The van der Waals surface area contributed by atoms with E-state index in [0.717, 1.165) is 5.69 Å². The van der Waals surface area contributed by atoms with E-state index in [2.05, 4.69) is 4.98 Å². The molecule has 4 rings (SSSR count). The summed E-state index contributed by atoms with van der Waals surface area (Å²) in [6.45, 7) is -0.270. The van der Waals surface area contributed by atoms with Crippen LogP contribution in [0.1, 0.15) is 12.8 Å². The van der Waals surface area contributed by atoms with Crippen molar-refractivity contribution in [1.82, 2.24) is 19.0 Å². The molecule has 1 saturated heterocycles. The van der Waals surface area contributed by atoms with Crippen molar-refractivity contribution in [2.45, 2.75) is 25.3 Å². The molecule has 0 unspecified atom stereocenters. The van der Waals surface area contributed by atoms with E-state index in [-0.39, 0.29) is 43.9 Å². The van der Waals surface area contributed by atoms with E-state index in [9.17, 15) is 18.4 Å². The third-order valence-electron chi connectivity index (χ3n) is 4.92. The molecule has 0 atom stereocenters. The second-order valence-corrected chi connectivity index (χ2v) is 7.25. The number of benzene rings is 1. The number of fused-ring (bicyclic) bond motifs is 1. The molecule has 0 spiro atoms. The first-order valence-electron chi connectivity index (χ1n) is 8.82. The Morgan fingerprint density at radius 2 is 1.82 bits per heavy atom. The molecule has 1 aromatic carbocycles. The second kappa shape index (κ2) is 7.01. The summed E-state index contributed by atoms with van der Waals surface area (Å²) in [5.74, 6) is -3.10. The number of hydrogen-bond acceptors (Lipinski definition) is 3. The molecule has 0 bridgehead atoms. The molecule has 6 nitrogen and oxygen atoms in total. The van der Waals surface area contributed by atoms with Crippen LogP contribution < -0.4 is 5.56 Å². The van der Waals surface area contributed by atoms with Gasteiger partial charge in [-0.3, -0.25) is 14.2 Å². The van der Waals surface area contributed by atoms with Crippen molar-refractivity contribution in [3.8, 4) is 5.69 Å². The van der Waals surface area contributed by atoms with Crippen LogP contribution in [0.15, 0.2) is 47.7 Å². The van der Waals surface area contributed by atoms with Gasteiger partial charge in [0.15, 0.2) is 0 Å². The highest BCUT2D eigenvalue weighted by molar-refractivity contribution is 6.30. The van der Waals surface area contributed by atoms with E-state index in [1.807, 2.05) is 0 Å². The number of alkyl halides is 2. The number of hydrogen-bond donors (Lipinski definition) is 0. The Hall–Kier alpha value is -2.74. The summed E-state index contributed by atoms with van der Waals surface area (Å²) in [5, 5.41) is 0.577. The van der Waals surface area contributed by atoms with E-state index in [4.69, 9.17) is 11.6 Å². The fraction of sp³-hybridized carbons (Fsp3) is 0.316. The Morgan fingerprint density at radius 1 is 1.14 bits per heavy atom. The molecule has 0 saturated carbocycles. The normalized spacial score (nSPS) is 16.5. The van der Waals surface area contributed by atoms with Crippen molar-refractivity contribution in [2.75, 3.05) is 13.1 Å². The van der Waals surface area contributed by atoms with Crippen molar-refractivity contribution in [1.29, 1.82) is 0 Å². The van der Waals surface area contributed by atoms with Crippen molar-refractivity contribution in [2.24, 2.45) is 0 Å². The molecule has 1 fully saturated rings. The number of carbonyl (C=O) groups is 1. The molecule has 1 aliphatic heterocycles. The molecule has 9 heteroatoms. The minimum Gasteiger partial charge on any atom is -0.341 e. The highest BCUT2D eigenvalue weighted by atomic mass is 35.5. The Bertz CT molecular complexity index is 1080. The summed E-state index contributed by atoms with van der Waals surface area (Å²) in [6, 6.07) is 8.69. The zero-order valence-electron chi connectivity index (χ0n) is 14.8. The van der Waals surface area contributed by atoms with Gasteiger partial charge in [0.1, 0.15) is 12.1 Å². The summed E-state index contributed by atoms with van der Waals surface area (Å²) in [5.41, 5.74) is 1.20. The summed E-state index contributed by atoms with van der Waals surface area (Å²) in [4.78, 5) is 31.0. The molecule has 0 radical (unpaired) electrons. The van der Waals surface area contributed by atoms with E-state index in [1.54, 1.807) is 41.1 Å². The summed E-state index contributed by atoms with van der Waals surface area (Å²) >= 11 is 5.92. The van der Waals surface area contributed by atoms with Gasteiger partial charge in [0.25, 0.3) is 11.5 Å². The molecular formula is C19H17ClF2N4O2. The maximum atomic E-state index is 13.3. The highest BCUT2D eigenvalue weighted by Gasteiger charge is 2.35. The van der Waals surface area contributed by atoms with Gasteiger partial charge in [-0.2, -0.15) is 0 Å². The van der Waals surface area contributed by atoms with Gasteiger partial charge in [-0.15, -0.1) is 0 Å². The number of likely N-dealkylation sites (tertiary alicyclic amines) is 1. The molecule has 3 aromatic rings. The zero-order valence-corrected chi connectivity index (χ0v) is 15.6. The number of halogens is 3. The lowest BCUT2D eigenvalue weighted by Gasteiger charge is -2.31. The highest BCUT2D eigenvalue weighted by Crippen LogP contribution is 2.27. The minimum absolute atomic E-state index is 0.0165. The predicted molar refractivity (Wildman–Crippen MR) is 101 cm³/mol. The third-order valence-corrected chi connectivity index (χ3v) is 5.17. The number of rotatable bonds is 3. The summed E-state index contributed by atoms with van der Waals surface area (Å²) < 4.78 is 29.5. The van der Waals surface area contributed by atoms with Crippen LogP contribution in [-0.2, 0) is 11.3 Å². The molecule has 28 heavy (non-hydrogen) atoms. The Morgan fingerprint density at radius 3 is 2.50 bits per heavy atom. The van der Waals surface area contributed by atoms with E-state index >= 15 is 0 Å². The van der Waals surface area contributed by atoms with Crippen LogP contribution in [-0.4, -0.2) is 43.9 Å². The van der Waals surface area contributed by atoms with Gasteiger partial charge in [-0.25, -0.2) is 13.8 Å². The second-order valence-electron chi connectivity index (χ2n) is 6.81. The van der Waals surface area contributed by atoms with Crippen LogP contribution in [0.25, 0.3) is 16.7 Å². The number of nitrogens with zero attached hydrogens (tertiary/aromatic N) is 4. The number of carbonyl (C=O) groups excluding carboxylic acids is 1. The van der Waals surface area contributed by atoms with Crippen LogP contribution in [0.3, 0.4) is 0 Å². The predicted octanol–water partition coefficient (Wildman–Crippen LogP) is 3.10. The first-order valence-corrected chi connectivity index (χ1v) is 9.20. The molecule has 0 aliphatic carbocycles. The molecule has 3 heterocycles. The van der Waals surface area contributed by atoms with Gasteiger partial charge in [-0.05, 0) is 30.3 Å². The Labute approximate surface area is 164 Å². The molecular weight excluding hydrogens is 390 g/mol. The van der Waals surface area contributed by atoms with Gasteiger partial charge < -0.3 is 9.47 Å². The van der Waals surface area contributed by atoms with Gasteiger partial charge >= 0.3 is 0 Å². The monoisotopic (exact) mass is 406 g/mol. The van der Waals surface area contributed by atoms with E-state index < -0.39 is 5.92 Å². The standard InChI is InChI=1S/C19H17ClF2N4O2/c20-13-1-3-14(4-2-13)26-8-5-15-17(26)18(28)25(12-23-15)11-16(27)24-9-6-19(21,22)7-10-24/h1-5,8,12H,6-7,9-11H2. The summed E-state index contributed by atoms with van der Waals surface area (Å²) in [6.07, 6.45) is 2.32. The topological polar surface area (TPSA) is 60.1 Å². The Balaban J connectivity index is 1.63. The van der Waals surface area contributed by atoms with Crippen LogP contribution in [0.4, 0.5) is 8.78 Å². The van der Waals surface area contributed by atoms with Crippen molar-refractivity contribution < 1.29 is 13.6 Å². The molecule has 0 N–H and O–H groups in total. The molecule has 146 valence electrons. The third kappa shape index (κ3) is 3.52. The van der Waals surface area contributed by atoms with Gasteiger partial charge in [0.2, 0.25) is 5.91 Å². The van der Waals surface area contributed by atoms with Crippen molar-refractivity contribution in [3.05, 3.63) is 58.2 Å². The maximum absolute atomic E-state index is 13.3. The molecule has 2 aromatic heterocycles. The van der Waals surface area contributed by atoms with Gasteiger partial charge in [0.05, 0.1) is 11.8 Å².